The molecule has 2 nitrogen and oxygen atoms in total. The van der Waals surface area contributed by atoms with Crippen molar-refractivity contribution in [3.8, 4) is 5.75 Å². The molecule has 0 aromatic heterocycles. The summed E-state index contributed by atoms with van der Waals surface area (Å²) in [6.45, 7) is 3.98. The summed E-state index contributed by atoms with van der Waals surface area (Å²) in [6, 6.07) is 9.24. The molecule has 0 spiro atoms. The number of hydrogen-bond donors (Lipinski definition) is 1. The molecule has 1 unspecified atom stereocenters. The lowest BCUT2D eigenvalue weighted by Gasteiger charge is -2.20. The van der Waals surface area contributed by atoms with Crippen LogP contribution in [0.5, 0.6) is 5.75 Å². The molecule has 21 heavy (non-hydrogen) atoms. The van der Waals surface area contributed by atoms with Crippen LogP contribution in [-0.2, 0) is 0 Å². The molecule has 0 saturated carbocycles. The van der Waals surface area contributed by atoms with Gasteiger partial charge in [0.05, 0.1) is 18.8 Å². The Bertz CT molecular complexity index is 658. The van der Waals surface area contributed by atoms with Gasteiger partial charge in [0.2, 0.25) is 0 Å². The third-order valence-corrected chi connectivity index (χ3v) is 4.25. The quantitative estimate of drug-likeness (QED) is 0.719. The summed E-state index contributed by atoms with van der Waals surface area (Å²) in [5, 5.41) is 5.32. The third-order valence-electron chi connectivity index (χ3n) is 3.28. The van der Waals surface area contributed by atoms with E-state index in [9.17, 15) is 0 Å². The zero-order valence-corrected chi connectivity index (χ0v) is 14.3. The van der Waals surface area contributed by atoms with E-state index in [0.717, 1.165) is 16.8 Å². The maximum absolute atomic E-state index is 6.24. The first kappa shape index (κ1) is 16.3. The van der Waals surface area contributed by atoms with Gasteiger partial charge in [0.25, 0.3) is 0 Å². The predicted octanol–water partition coefficient (Wildman–Crippen LogP) is 6.14. The first-order chi connectivity index (χ1) is 9.92. The van der Waals surface area contributed by atoms with Crippen LogP contribution >= 0.6 is 34.8 Å². The fourth-order valence-corrected chi connectivity index (χ4v) is 2.83. The normalized spacial score (nSPS) is 12.1. The topological polar surface area (TPSA) is 21.3 Å². The van der Waals surface area contributed by atoms with Gasteiger partial charge in [0.15, 0.2) is 0 Å². The molecule has 1 atom stereocenters. The van der Waals surface area contributed by atoms with Gasteiger partial charge in [-0.3, -0.25) is 0 Å². The molecule has 0 aliphatic rings. The van der Waals surface area contributed by atoms with Crippen molar-refractivity contribution in [1.82, 2.24) is 0 Å². The maximum atomic E-state index is 6.24. The minimum atomic E-state index is 0.00393. The number of hydrogen-bond acceptors (Lipinski definition) is 2. The van der Waals surface area contributed by atoms with Crippen molar-refractivity contribution < 1.29 is 4.74 Å². The van der Waals surface area contributed by atoms with Crippen molar-refractivity contribution in [3.63, 3.8) is 0 Å². The number of ether oxygens (including phenoxy) is 1. The van der Waals surface area contributed by atoms with Crippen LogP contribution in [0.25, 0.3) is 0 Å². The first-order valence-corrected chi connectivity index (χ1v) is 7.61. The van der Waals surface area contributed by atoms with Crippen molar-refractivity contribution in [1.29, 1.82) is 0 Å². The van der Waals surface area contributed by atoms with Crippen LogP contribution in [0.1, 0.15) is 24.1 Å². The first-order valence-electron chi connectivity index (χ1n) is 6.48. The second-order valence-corrected chi connectivity index (χ2v) is 6.08. The molecule has 0 amide bonds. The van der Waals surface area contributed by atoms with E-state index < -0.39 is 0 Å². The number of aryl methyl sites for hydroxylation is 1. The molecule has 112 valence electrons. The van der Waals surface area contributed by atoms with Gasteiger partial charge in [-0.2, -0.15) is 0 Å². The average Bonchev–Trinajstić information content (AvgIpc) is 2.42. The summed E-state index contributed by atoms with van der Waals surface area (Å²) in [6.07, 6.45) is 0. The fraction of sp³-hybridized carbons (Fsp3) is 0.250. The van der Waals surface area contributed by atoms with E-state index in [1.807, 2.05) is 32.0 Å². The molecule has 2 rings (SSSR count). The minimum absolute atomic E-state index is 0.00393. The highest BCUT2D eigenvalue weighted by atomic mass is 35.5. The van der Waals surface area contributed by atoms with E-state index in [1.165, 1.54) is 0 Å². The monoisotopic (exact) mass is 343 g/mol. The van der Waals surface area contributed by atoms with Crippen molar-refractivity contribution >= 4 is 40.5 Å². The highest BCUT2D eigenvalue weighted by Gasteiger charge is 2.13. The van der Waals surface area contributed by atoms with Crippen LogP contribution in [0, 0.1) is 6.92 Å². The van der Waals surface area contributed by atoms with Gasteiger partial charge in [-0.05, 0) is 43.2 Å². The standard InChI is InChI=1S/C16H16Cl3NO/c1-9-6-15(16(21-3)8-13(9)18)20-10(2)12-5-4-11(17)7-14(12)19/h4-8,10,20H,1-3H3. The van der Waals surface area contributed by atoms with Crippen LogP contribution < -0.4 is 10.1 Å². The molecule has 0 heterocycles. The Morgan fingerprint density at radius 2 is 1.76 bits per heavy atom. The number of benzene rings is 2. The van der Waals surface area contributed by atoms with E-state index in [0.29, 0.717) is 20.8 Å². The molecule has 0 bridgehead atoms. The number of methoxy groups -OCH3 is 1. The smallest absolute Gasteiger partial charge is 0.143 e. The van der Waals surface area contributed by atoms with E-state index in [-0.39, 0.29) is 6.04 Å². The summed E-state index contributed by atoms with van der Waals surface area (Å²) >= 11 is 18.3. The van der Waals surface area contributed by atoms with Gasteiger partial charge in [0, 0.05) is 21.1 Å². The molecule has 0 saturated heterocycles. The SMILES string of the molecule is COc1cc(Cl)c(C)cc1NC(C)c1ccc(Cl)cc1Cl. The molecule has 0 aliphatic heterocycles. The number of nitrogens with one attached hydrogen (secondary N) is 1. The molecular weight excluding hydrogens is 329 g/mol. The van der Waals surface area contributed by atoms with Gasteiger partial charge in [-0.1, -0.05) is 40.9 Å². The second kappa shape index (κ2) is 6.78. The maximum Gasteiger partial charge on any atom is 0.143 e. The van der Waals surface area contributed by atoms with Gasteiger partial charge < -0.3 is 10.1 Å². The highest BCUT2D eigenvalue weighted by molar-refractivity contribution is 6.35. The Kier molecular flexibility index (Phi) is 5.26. The zero-order chi connectivity index (χ0) is 15.6. The molecule has 0 aliphatic carbocycles. The third kappa shape index (κ3) is 3.76. The molecule has 2 aromatic rings. The fourth-order valence-electron chi connectivity index (χ4n) is 2.11. The van der Waals surface area contributed by atoms with Gasteiger partial charge in [-0.25, -0.2) is 0 Å². The number of rotatable bonds is 4. The van der Waals surface area contributed by atoms with Crippen molar-refractivity contribution in [2.45, 2.75) is 19.9 Å². The molecule has 2 aromatic carbocycles. The number of anilines is 1. The highest BCUT2D eigenvalue weighted by Crippen LogP contribution is 2.35. The van der Waals surface area contributed by atoms with E-state index in [2.05, 4.69) is 5.32 Å². The van der Waals surface area contributed by atoms with Crippen LogP contribution in [-0.4, -0.2) is 7.11 Å². The van der Waals surface area contributed by atoms with Gasteiger partial charge in [-0.15, -0.1) is 0 Å². The van der Waals surface area contributed by atoms with Gasteiger partial charge in [0.1, 0.15) is 5.75 Å². The van der Waals surface area contributed by atoms with E-state index in [1.54, 1.807) is 19.2 Å². The lowest BCUT2D eigenvalue weighted by atomic mass is 10.1. The zero-order valence-electron chi connectivity index (χ0n) is 12.0. The van der Waals surface area contributed by atoms with Crippen LogP contribution in [0.2, 0.25) is 15.1 Å². The summed E-state index contributed by atoms with van der Waals surface area (Å²) in [7, 11) is 1.62. The summed E-state index contributed by atoms with van der Waals surface area (Å²) in [5.41, 5.74) is 2.82. The largest absolute Gasteiger partial charge is 0.495 e. The summed E-state index contributed by atoms with van der Waals surface area (Å²) in [5.74, 6) is 0.697. The molecule has 5 heteroatoms. The lowest BCUT2D eigenvalue weighted by Crippen LogP contribution is -2.08. The Morgan fingerprint density at radius 3 is 2.38 bits per heavy atom. The molecule has 0 radical (unpaired) electrons. The van der Waals surface area contributed by atoms with E-state index >= 15 is 0 Å². The summed E-state index contributed by atoms with van der Waals surface area (Å²) in [4.78, 5) is 0. The Balaban J connectivity index is 2.31. The summed E-state index contributed by atoms with van der Waals surface area (Å²) < 4.78 is 5.37. The van der Waals surface area contributed by atoms with Crippen LogP contribution in [0.4, 0.5) is 5.69 Å². The Labute approximate surface area is 140 Å². The second-order valence-electron chi connectivity index (χ2n) is 4.83. The number of halogens is 3. The average molecular weight is 345 g/mol. The minimum Gasteiger partial charge on any atom is -0.495 e. The Morgan fingerprint density at radius 1 is 1.05 bits per heavy atom. The van der Waals surface area contributed by atoms with Crippen LogP contribution in [0.3, 0.4) is 0 Å². The molecule has 0 fully saturated rings. The molecular formula is C16H16Cl3NO. The Hall–Kier alpha value is -1.09. The van der Waals surface area contributed by atoms with Crippen molar-refractivity contribution in [2.75, 3.05) is 12.4 Å². The lowest BCUT2D eigenvalue weighted by molar-refractivity contribution is 0.416. The van der Waals surface area contributed by atoms with Crippen molar-refractivity contribution in [2.24, 2.45) is 0 Å². The van der Waals surface area contributed by atoms with Crippen LogP contribution in [0.15, 0.2) is 30.3 Å². The predicted molar refractivity (Wildman–Crippen MR) is 91.2 cm³/mol. The van der Waals surface area contributed by atoms with E-state index in [4.69, 9.17) is 39.5 Å². The van der Waals surface area contributed by atoms with Gasteiger partial charge >= 0.3 is 0 Å². The molecule has 1 N–H and O–H groups in total. The van der Waals surface area contributed by atoms with Crippen molar-refractivity contribution in [3.05, 3.63) is 56.5 Å².